The van der Waals surface area contributed by atoms with E-state index in [1.165, 1.54) is 17.1 Å². The van der Waals surface area contributed by atoms with Crippen LogP contribution in [0.3, 0.4) is 0 Å². The number of nitrogens with one attached hydrogen (secondary N) is 1. The van der Waals surface area contributed by atoms with Crippen LogP contribution in [0.5, 0.6) is 0 Å². The van der Waals surface area contributed by atoms with E-state index in [0.29, 0.717) is 4.58 Å². The molecule has 0 bridgehead atoms. The number of rotatable bonds is 4. The van der Waals surface area contributed by atoms with E-state index in [-0.39, 0.29) is 11.8 Å². The molecule has 136 valence electrons. The second-order valence-electron chi connectivity index (χ2n) is 6.50. The fourth-order valence-electron chi connectivity index (χ4n) is 3.35. The fourth-order valence-corrected chi connectivity index (χ4v) is 6.19. The number of hydrogen-bond donors (Lipinski definition) is 1. The molecule has 5 nitrogen and oxygen atoms in total. The smallest absolute Gasteiger partial charge is 0.227 e. The first kappa shape index (κ1) is 17.7. The molecule has 3 heterocycles. The van der Waals surface area contributed by atoms with Crippen LogP contribution in [-0.4, -0.2) is 40.5 Å². The topological polar surface area (TPSA) is 58.1 Å². The Kier molecular flexibility index (Phi) is 5.65. The third kappa shape index (κ3) is 4.15. The Bertz CT molecular complexity index is 744. The van der Waals surface area contributed by atoms with Crippen LogP contribution in [0.1, 0.15) is 23.0 Å². The summed E-state index contributed by atoms with van der Waals surface area (Å²) in [5, 5.41) is 3.12. The molecule has 1 N–H and O–H groups in total. The summed E-state index contributed by atoms with van der Waals surface area (Å²) in [6.07, 6.45) is 5.18. The van der Waals surface area contributed by atoms with E-state index in [4.69, 9.17) is 0 Å². The summed E-state index contributed by atoms with van der Waals surface area (Å²) in [5.74, 6) is 3.34. The van der Waals surface area contributed by atoms with E-state index in [2.05, 4.69) is 32.3 Å². The molecule has 2 fully saturated rings. The van der Waals surface area contributed by atoms with Crippen LogP contribution in [0.25, 0.3) is 0 Å². The number of nitrogens with zero attached hydrogens (tertiary/aromatic N) is 3. The Hall–Kier alpha value is -1.73. The van der Waals surface area contributed by atoms with Gasteiger partial charge in [0.2, 0.25) is 11.9 Å². The summed E-state index contributed by atoms with van der Waals surface area (Å²) in [7, 11) is 0. The van der Waals surface area contributed by atoms with E-state index in [1.54, 1.807) is 12.4 Å². The van der Waals surface area contributed by atoms with E-state index in [0.717, 1.165) is 37.6 Å². The maximum Gasteiger partial charge on any atom is 0.227 e. The molecule has 0 saturated carbocycles. The lowest BCUT2D eigenvalue weighted by molar-refractivity contribution is -0.120. The summed E-state index contributed by atoms with van der Waals surface area (Å²) >= 11 is 3.96. The quantitative estimate of drug-likeness (QED) is 0.862. The molecule has 2 saturated heterocycles. The molecule has 0 atom stereocenters. The van der Waals surface area contributed by atoms with Gasteiger partial charge in [0, 0.05) is 48.6 Å². The van der Waals surface area contributed by atoms with Crippen LogP contribution in [0.15, 0.2) is 42.7 Å². The lowest BCUT2D eigenvalue weighted by Crippen LogP contribution is -2.39. The maximum atomic E-state index is 12.7. The summed E-state index contributed by atoms with van der Waals surface area (Å²) < 4.78 is 0.501. The number of carbonyl (C=O) groups is 1. The van der Waals surface area contributed by atoms with Crippen molar-refractivity contribution in [3.63, 3.8) is 0 Å². The van der Waals surface area contributed by atoms with Crippen LogP contribution < -0.4 is 10.2 Å². The highest BCUT2D eigenvalue weighted by atomic mass is 32.2. The van der Waals surface area contributed by atoms with E-state index < -0.39 is 0 Å². The Morgan fingerprint density at radius 1 is 1.08 bits per heavy atom. The predicted molar refractivity (Wildman–Crippen MR) is 110 cm³/mol. The van der Waals surface area contributed by atoms with Gasteiger partial charge >= 0.3 is 0 Å². The van der Waals surface area contributed by atoms with E-state index in [1.807, 2.05) is 41.7 Å². The lowest BCUT2D eigenvalue weighted by Gasteiger charge is -2.31. The second kappa shape index (κ2) is 8.31. The Labute approximate surface area is 162 Å². The monoisotopic (exact) mass is 386 g/mol. The molecule has 2 aliphatic heterocycles. The highest BCUT2D eigenvalue weighted by Gasteiger charge is 2.26. The first-order valence-electron chi connectivity index (χ1n) is 8.95. The van der Waals surface area contributed by atoms with Crippen molar-refractivity contribution in [3.05, 3.63) is 48.3 Å². The molecule has 26 heavy (non-hydrogen) atoms. The number of aromatic nitrogens is 2. The molecule has 0 spiro atoms. The van der Waals surface area contributed by atoms with Gasteiger partial charge in [0.15, 0.2) is 0 Å². The molecular weight excluding hydrogens is 364 g/mol. The van der Waals surface area contributed by atoms with Crippen molar-refractivity contribution in [2.45, 2.75) is 17.4 Å². The molecule has 2 aliphatic rings. The normalized spacial score (nSPS) is 18.8. The number of amides is 1. The predicted octanol–water partition coefficient (Wildman–Crippen LogP) is 3.81. The Balaban J connectivity index is 1.33. The minimum absolute atomic E-state index is 0.0499. The van der Waals surface area contributed by atoms with Crippen LogP contribution in [0.2, 0.25) is 0 Å². The summed E-state index contributed by atoms with van der Waals surface area (Å²) in [4.78, 5) is 23.4. The average molecular weight is 387 g/mol. The average Bonchev–Trinajstić information content (AvgIpc) is 3.24. The molecule has 1 aromatic carbocycles. The van der Waals surface area contributed by atoms with Gasteiger partial charge in [0.1, 0.15) is 0 Å². The van der Waals surface area contributed by atoms with Gasteiger partial charge in [-0.1, -0.05) is 12.1 Å². The third-order valence-corrected chi connectivity index (χ3v) is 7.85. The first-order valence-corrected chi connectivity index (χ1v) is 11.1. The largest absolute Gasteiger partial charge is 0.341 e. The highest BCUT2D eigenvalue weighted by molar-refractivity contribution is 8.19. The number of piperidine rings is 1. The highest BCUT2D eigenvalue weighted by Crippen LogP contribution is 2.45. The van der Waals surface area contributed by atoms with Crippen molar-refractivity contribution in [2.24, 2.45) is 5.92 Å². The molecule has 4 rings (SSSR count). The molecule has 1 aromatic heterocycles. The maximum absolute atomic E-state index is 12.7. The number of thioether (sulfide) groups is 2. The van der Waals surface area contributed by atoms with Crippen molar-refractivity contribution in [3.8, 4) is 0 Å². The second-order valence-corrected chi connectivity index (χ2v) is 9.22. The van der Waals surface area contributed by atoms with Gasteiger partial charge in [-0.05, 0) is 36.6 Å². The van der Waals surface area contributed by atoms with Gasteiger partial charge < -0.3 is 10.2 Å². The SMILES string of the molecule is O=C(Nc1cccc(C2SCCS2)c1)C1CCN(c2ncccn2)CC1. The number of anilines is 2. The first-order chi connectivity index (χ1) is 12.8. The standard InChI is InChI=1S/C19H22N4OS2/c24-17(14-5-9-23(10-6-14)19-20-7-2-8-21-19)22-16-4-1-3-15(13-16)18-25-11-12-26-18/h1-4,7-8,13-14,18H,5-6,9-12H2,(H,22,24). The van der Waals surface area contributed by atoms with E-state index >= 15 is 0 Å². The number of benzene rings is 1. The van der Waals surface area contributed by atoms with Crippen molar-refractivity contribution in [1.82, 2.24) is 9.97 Å². The van der Waals surface area contributed by atoms with E-state index in [9.17, 15) is 4.79 Å². The Morgan fingerprint density at radius 2 is 1.81 bits per heavy atom. The number of carbonyl (C=O) groups excluding carboxylic acids is 1. The summed E-state index contributed by atoms with van der Waals surface area (Å²) in [6, 6.07) is 10.1. The lowest BCUT2D eigenvalue weighted by atomic mass is 9.96. The minimum atomic E-state index is 0.0499. The molecule has 0 aliphatic carbocycles. The van der Waals surface area contributed by atoms with Gasteiger partial charge in [-0.25, -0.2) is 9.97 Å². The summed E-state index contributed by atoms with van der Waals surface area (Å²) in [5.41, 5.74) is 2.21. The zero-order valence-corrected chi connectivity index (χ0v) is 16.1. The molecule has 0 radical (unpaired) electrons. The molecule has 7 heteroatoms. The molecule has 1 amide bonds. The van der Waals surface area contributed by atoms with Gasteiger partial charge in [-0.15, -0.1) is 23.5 Å². The van der Waals surface area contributed by atoms with Gasteiger partial charge in [0.25, 0.3) is 0 Å². The number of hydrogen-bond acceptors (Lipinski definition) is 6. The molecule has 0 unspecified atom stereocenters. The van der Waals surface area contributed by atoms with Gasteiger partial charge in [-0.3, -0.25) is 4.79 Å². The van der Waals surface area contributed by atoms with Gasteiger partial charge in [0.05, 0.1) is 4.58 Å². The zero-order chi connectivity index (χ0) is 17.8. The van der Waals surface area contributed by atoms with Crippen molar-refractivity contribution < 1.29 is 4.79 Å². The third-order valence-electron chi connectivity index (χ3n) is 4.75. The van der Waals surface area contributed by atoms with Crippen molar-refractivity contribution in [1.29, 1.82) is 0 Å². The van der Waals surface area contributed by atoms with Gasteiger partial charge in [-0.2, -0.15) is 0 Å². The molecular formula is C19H22N4OS2. The zero-order valence-electron chi connectivity index (χ0n) is 14.5. The van der Waals surface area contributed by atoms with Crippen LogP contribution >= 0.6 is 23.5 Å². The summed E-state index contributed by atoms with van der Waals surface area (Å²) in [6.45, 7) is 1.63. The van der Waals surface area contributed by atoms with Crippen LogP contribution in [0.4, 0.5) is 11.6 Å². The van der Waals surface area contributed by atoms with Crippen LogP contribution in [-0.2, 0) is 4.79 Å². The Morgan fingerprint density at radius 3 is 2.54 bits per heavy atom. The van der Waals surface area contributed by atoms with Crippen molar-refractivity contribution >= 4 is 41.1 Å². The van der Waals surface area contributed by atoms with Crippen LogP contribution in [0, 0.1) is 5.92 Å². The fraction of sp³-hybridized carbons (Fsp3) is 0.421. The molecule has 2 aromatic rings. The van der Waals surface area contributed by atoms with Crippen molar-refractivity contribution in [2.75, 3.05) is 34.8 Å². The minimum Gasteiger partial charge on any atom is -0.341 e.